The summed E-state index contributed by atoms with van der Waals surface area (Å²) in [6, 6.07) is 0.806. The van der Waals surface area contributed by atoms with Crippen LogP contribution in [0.25, 0.3) is 0 Å². The highest BCUT2D eigenvalue weighted by atomic mass is 15.2. The van der Waals surface area contributed by atoms with Gasteiger partial charge in [0.25, 0.3) is 0 Å². The van der Waals surface area contributed by atoms with E-state index in [1.165, 1.54) is 25.9 Å². The first-order valence-electron chi connectivity index (χ1n) is 4.25. The van der Waals surface area contributed by atoms with Crippen LogP contribution >= 0.6 is 0 Å². The Hall–Kier alpha value is -0.0800. The van der Waals surface area contributed by atoms with Gasteiger partial charge in [0, 0.05) is 12.6 Å². The standard InChI is InChI=1S/C8H18N2/c1-3-9-7-8-5-4-6-10(8)2/h8-9H,3-7H2,1-2H3. The van der Waals surface area contributed by atoms with Crippen molar-refractivity contribution >= 4 is 0 Å². The van der Waals surface area contributed by atoms with E-state index in [-0.39, 0.29) is 0 Å². The van der Waals surface area contributed by atoms with Crippen molar-refractivity contribution in [3.63, 3.8) is 0 Å². The Morgan fingerprint density at radius 2 is 2.40 bits per heavy atom. The van der Waals surface area contributed by atoms with Crippen LogP contribution in [-0.2, 0) is 0 Å². The van der Waals surface area contributed by atoms with Crippen molar-refractivity contribution in [3.05, 3.63) is 0 Å². The van der Waals surface area contributed by atoms with E-state index in [0.29, 0.717) is 0 Å². The number of hydrogen-bond acceptors (Lipinski definition) is 2. The van der Waals surface area contributed by atoms with Crippen LogP contribution < -0.4 is 5.32 Å². The number of nitrogens with one attached hydrogen (secondary N) is 1. The third-order valence-electron chi connectivity index (χ3n) is 2.30. The molecule has 1 atom stereocenters. The number of likely N-dealkylation sites (tertiary alicyclic amines) is 1. The molecular weight excluding hydrogens is 124 g/mol. The molecule has 10 heavy (non-hydrogen) atoms. The largest absolute Gasteiger partial charge is 0.315 e. The van der Waals surface area contributed by atoms with Crippen molar-refractivity contribution in [2.45, 2.75) is 25.8 Å². The maximum absolute atomic E-state index is 3.38. The second kappa shape index (κ2) is 3.94. The highest BCUT2D eigenvalue weighted by Gasteiger charge is 2.19. The Kier molecular flexibility index (Phi) is 3.16. The van der Waals surface area contributed by atoms with Gasteiger partial charge in [0.2, 0.25) is 0 Å². The molecule has 1 rings (SSSR count). The van der Waals surface area contributed by atoms with Gasteiger partial charge < -0.3 is 10.2 Å². The molecule has 2 heteroatoms. The lowest BCUT2D eigenvalue weighted by Crippen LogP contribution is -2.35. The van der Waals surface area contributed by atoms with Crippen LogP contribution in [0, 0.1) is 0 Å². The van der Waals surface area contributed by atoms with Crippen LogP contribution in [0.5, 0.6) is 0 Å². The summed E-state index contributed by atoms with van der Waals surface area (Å²) in [5.41, 5.74) is 0. The smallest absolute Gasteiger partial charge is 0.0218 e. The number of likely N-dealkylation sites (N-methyl/N-ethyl adjacent to an activating group) is 2. The first kappa shape index (κ1) is 8.02. The zero-order valence-electron chi connectivity index (χ0n) is 7.06. The quantitative estimate of drug-likeness (QED) is 0.623. The molecule has 1 aliphatic heterocycles. The summed E-state index contributed by atoms with van der Waals surface area (Å²) >= 11 is 0. The Balaban J connectivity index is 2.14. The summed E-state index contributed by atoms with van der Waals surface area (Å²) in [6.45, 7) is 5.72. The minimum atomic E-state index is 0.806. The molecule has 1 heterocycles. The van der Waals surface area contributed by atoms with E-state index in [0.717, 1.165) is 12.6 Å². The Morgan fingerprint density at radius 3 is 2.90 bits per heavy atom. The maximum atomic E-state index is 3.38. The number of hydrogen-bond donors (Lipinski definition) is 1. The Labute approximate surface area is 63.6 Å². The Morgan fingerprint density at radius 1 is 1.60 bits per heavy atom. The molecule has 0 aromatic rings. The lowest BCUT2D eigenvalue weighted by Gasteiger charge is -2.18. The van der Waals surface area contributed by atoms with Crippen LogP contribution in [0.15, 0.2) is 0 Å². The summed E-state index contributed by atoms with van der Waals surface area (Å²) in [5.74, 6) is 0. The van der Waals surface area contributed by atoms with Crippen LogP contribution in [0.1, 0.15) is 19.8 Å². The van der Waals surface area contributed by atoms with Gasteiger partial charge in [0.05, 0.1) is 0 Å². The fourth-order valence-electron chi connectivity index (χ4n) is 1.55. The fraction of sp³-hybridized carbons (Fsp3) is 1.00. The fourth-order valence-corrected chi connectivity index (χ4v) is 1.55. The molecule has 0 aromatic carbocycles. The molecular formula is C8H18N2. The van der Waals surface area contributed by atoms with Gasteiger partial charge in [0.1, 0.15) is 0 Å². The van der Waals surface area contributed by atoms with Crippen LogP contribution in [0.4, 0.5) is 0 Å². The lowest BCUT2D eigenvalue weighted by atomic mass is 10.2. The molecule has 1 N–H and O–H groups in total. The van der Waals surface area contributed by atoms with Crippen LogP contribution in [0.3, 0.4) is 0 Å². The van der Waals surface area contributed by atoms with Crippen LogP contribution in [0.2, 0.25) is 0 Å². The molecule has 1 unspecified atom stereocenters. The van der Waals surface area contributed by atoms with Crippen molar-refractivity contribution in [2.75, 3.05) is 26.7 Å². The SMILES string of the molecule is CCNCC1CCCN1C. The molecule has 0 aromatic heterocycles. The summed E-state index contributed by atoms with van der Waals surface area (Å²) in [5, 5.41) is 3.38. The van der Waals surface area contributed by atoms with Gasteiger partial charge in [-0.3, -0.25) is 0 Å². The molecule has 0 amide bonds. The van der Waals surface area contributed by atoms with Gasteiger partial charge >= 0.3 is 0 Å². The monoisotopic (exact) mass is 142 g/mol. The molecule has 0 radical (unpaired) electrons. The summed E-state index contributed by atoms with van der Waals surface area (Å²) in [4.78, 5) is 2.45. The summed E-state index contributed by atoms with van der Waals surface area (Å²) < 4.78 is 0. The van der Waals surface area contributed by atoms with Gasteiger partial charge in [-0.15, -0.1) is 0 Å². The van der Waals surface area contributed by atoms with Crippen LogP contribution in [-0.4, -0.2) is 37.6 Å². The van der Waals surface area contributed by atoms with Gasteiger partial charge in [-0.2, -0.15) is 0 Å². The van der Waals surface area contributed by atoms with Crippen molar-refractivity contribution < 1.29 is 0 Å². The topological polar surface area (TPSA) is 15.3 Å². The van der Waals surface area contributed by atoms with Gasteiger partial charge in [0.15, 0.2) is 0 Å². The predicted molar refractivity (Wildman–Crippen MR) is 44.2 cm³/mol. The summed E-state index contributed by atoms with van der Waals surface area (Å²) in [6.07, 6.45) is 2.76. The van der Waals surface area contributed by atoms with E-state index in [1.807, 2.05) is 0 Å². The van der Waals surface area contributed by atoms with E-state index in [1.54, 1.807) is 0 Å². The molecule has 1 aliphatic rings. The molecule has 0 spiro atoms. The molecule has 0 bridgehead atoms. The average molecular weight is 142 g/mol. The van der Waals surface area contributed by atoms with Crippen molar-refractivity contribution in [3.8, 4) is 0 Å². The maximum Gasteiger partial charge on any atom is 0.0218 e. The highest BCUT2D eigenvalue weighted by molar-refractivity contribution is 4.77. The molecule has 1 saturated heterocycles. The molecule has 0 saturated carbocycles. The highest BCUT2D eigenvalue weighted by Crippen LogP contribution is 2.12. The predicted octanol–water partition coefficient (Wildman–Crippen LogP) is 0.690. The van der Waals surface area contributed by atoms with E-state index < -0.39 is 0 Å². The first-order valence-corrected chi connectivity index (χ1v) is 4.25. The minimum Gasteiger partial charge on any atom is -0.315 e. The van der Waals surface area contributed by atoms with Gasteiger partial charge in [-0.1, -0.05) is 6.92 Å². The van der Waals surface area contributed by atoms with Gasteiger partial charge in [-0.05, 0) is 33.0 Å². The lowest BCUT2D eigenvalue weighted by molar-refractivity contribution is 0.302. The molecule has 0 aliphatic carbocycles. The van der Waals surface area contributed by atoms with Crippen molar-refractivity contribution in [1.82, 2.24) is 10.2 Å². The summed E-state index contributed by atoms with van der Waals surface area (Å²) in [7, 11) is 2.22. The number of nitrogens with zero attached hydrogens (tertiary/aromatic N) is 1. The zero-order valence-corrected chi connectivity index (χ0v) is 7.06. The van der Waals surface area contributed by atoms with E-state index in [2.05, 4.69) is 24.2 Å². The average Bonchev–Trinajstić information content (AvgIpc) is 2.31. The van der Waals surface area contributed by atoms with Crippen molar-refractivity contribution in [2.24, 2.45) is 0 Å². The van der Waals surface area contributed by atoms with Crippen molar-refractivity contribution in [1.29, 1.82) is 0 Å². The second-order valence-electron chi connectivity index (χ2n) is 3.08. The first-order chi connectivity index (χ1) is 4.84. The molecule has 1 fully saturated rings. The minimum absolute atomic E-state index is 0.806. The number of rotatable bonds is 3. The molecule has 2 nitrogen and oxygen atoms in total. The normalized spacial score (nSPS) is 27.6. The van der Waals surface area contributed by atoms with E-state index in [4.69, 9.17) is 0 Å². The van der Waals surface area contributed by atoms with Gasteiger partial charge in [-0.25, -0.2) is 0 Å². The molecule has 60 valence electrons. The Bertz CT molecular complexity index is 93.3. The zero-order chi connectivity index (χ0) is 7.40. The third kappa shape index (κ3) is 1.96. The second-order valence-corrected chi connectivity index (χ2v) is 3.08. The van der Waals surface area contributed by atoms with E-state index in [9.17, 15) is 0 Å². The third-order valence-corrected chi connectivity index (χ3v) is 2.30. The van der Waals surface area contributed by atoms with E-state index >= 15 is 0 Å².